The van der Waals surface area contributed by atoms with Crippen molar-refractivity contribution in [2.75, 3.05) is 24.4 Å². The number of para-hydroxylation sites is 1. The van der Waals surface area contributed by atoms with Crippen LogP contribution in [0.5, 0.6) is 5.75 Å². The topological polar surface area (TPSA) is 67.3 Å². The Hall–Kier alpha value is -3.12. The molecule has 1 heterocycles. The molecule has 2 aromatic carbocycles. The van der Waals surface area contributed by atoms with Gasteiger partial charge in [0.05, 0.1) is 12.8 Å². The minimum atomic E-state index is -0.379. The van der Waals surface area contributed by atoms with E-state index in [1.165, 1.54) is 13.4 Å². The number of amides is 1. The Labute approximate surface area is 156 Å². The average Bonchev–Trinajstić information content (AvgIpc) is 2.68. The lowest BCUT2D eigenvalue weighted by atomic mass is 10.2. The van der Waals surface area contributed by atoms with Crippen molar-refractivity contribution >= 4 is 34.7 Å². The fourth-order valence-corrected chi connectivity index (χ4v) is 2.57. The fraction of sp³-hybridized carbons (Fsp3) is 0.105. The number of hydrogen-bond acceptors (Lipinski definition) is 5. The summed E-state index contributed by atoms with van der Waals surface area (Å²) in [5.41, 5.74) is 1.66. The van der Waals surface area contributed by atoms with Crippen LogP contribution in [0.2, 0.25) is 5.02 Å². The molecule has 1 amide bonds. The fourth-order valence-electron chi connectivity index (χ4n) is 2.40. The molecule has 0 spiro atoms. The summed E-state index contributed by atoms with van der Waals surface area (Å²) < 4.78 is 5.24. The second kappa shape index (κ2) is 7.84. The van der Waals surface area contributed by atoms with Crippen molar-refractivity contribution < 1.29 is 9.53 Å². The van der Waals surface area contributed by atoms with E-state index in [0.29, 0.717) is 22.3 Å². The molecule has 0 aliphatic rings. The van der Waals surface area contributed by atoms with Crippen LogP contribution in [0.25, 0.3) is 0 Å². The van der Waals surface area contributed by atoms with Crippen LogP contribution >= 0.6 is 11.6 Å². The predicted octanol–water partition coefficient (Wildman–Crippen LogP) is 4.16. The molecule has 0 aliphatic heterocycles. The minimum Gasteiger partial charge on any atom is -0.495 e. The van der Waals surface area contributed by atoms with Gasteiger partial charge in [0, 0.05) is 23.8 Å². The molecule has 0 saturated carbocycles. The highest BCUT2D eigenvalue weighted by molar-refractivity contribution is 6.31. The molecule has 7 heteroatoms. The number of ether oxygens (including phenoxy) is 1. The standard InChI is InChI=1S/C19H17ClN4O2/c1-24(14-6-4-3-5-7-14)18-11-16(21-12-22-18)19(25)23-15-10-13(20)8-9-17(15)26-2/h3-12H,1-2H3,(H,23,25). The number of nitrogens with zero attached hydrogens (tertiary/aromatic N) is 3. The van der Waals surface area contributed by atoms with Gasteiger partial charge in [0.15, 0.2) is 0 Å². The zero-order chi connectivity index (χ0) is 18.5. The third-order valence-electron chi connectivity index (χ3n) is 3.78. The van der Waals surface area contributed by atoms with Crippen LogP contribution in [-0.4, -0.2) is 30.0 Å². The Bertz CT molecular complexity index is 918. The lowest BCUT2D eigenvalue weighted by molar-refractivity contribution is 0.102. The van der Waals surface area contributed by atoms with Gasteiger partial charge in [-0.25, -0.2) is 9.97 Å². The summed E-state index contributed by atoms with van der Waals surface area (Å²) >= 11 is 6.00. The number of anilines is 3. The van der Waals surface area contributed by atoms with Gasteiger partial charge in [-0.15, -0.1) is 0 Å². The first kappa shape index (κ1) is 17.7. The van der Waals surface area contributed by atoms with Gasteiger partial charge in [-0.3, -0.25) is 4.79 Å². The van der Waals surface area contributed by atoms with Gasteiger partial charge in [-0.2, -0.15) is 0 Å². The zero-order valence-electron chi connectivity index (χ0n) is 14.3. The van der Waals surface area contributed by atoms with Crippen LogP contribution in [0.15, 0.2) is 60.9 Å². The Kier molecular flexibility index (Phi) is 5.34. The number of nitrogens with one attached hydrogen (secondary N) is 1. The van der Waals surface area contributed by atoms with Crippen molar-refractivity contribution in [3.63, 3.8) is 0 Å². The van der Waals surface area contributed by atoms with Crippen LogP contribution in [-0.2, 0) is 0 Å². The minimum absolute atomic E-state index is 0.236. The lowest BCUT2D eigenvalue weighted by Crippen LogP contribution is -2.17. The first-order valence-corrected chi connectivity index (χ1v) is 8.22. The van der Waals surface area contributed by atoms with Crippen LogP contribution in [0.3, 0.4) is 0 Å². The predicted molar refractivity (Wildman–Crippen MR) is 102 cm³/mol. The number of carbonyl (C=O) groups is 1. The number of rotatable bonds is 5. The molecule has 1 N–H and O–H groups in total. The van der Waals surface area contributed by atoms with Gasteiger partial charge in [0.2, 0.25) is 0 Å². The molecule has 0 bridgehead atoms. The third-order valence-corrected chi connectivity index (χ3v) is 4.02. The summed E-state index contributed by atoms with van der Waals surface area (Å²) in [4.78, 5) is 22.8. The molecule has 0 unspecified atom stereocenters. The van der Waals surface area contributed by atoms with E-state index in [-0.39, 0.29) is 11.6 Å². The summed E-state index contributed by atoms with van der Waals surface area (Å²) in [6, 6.07) is 16.3. The molecule has 3 aromatic rings. The van der Waals surface area contributed by atoms with E-state index >= 15 is 0 Å². The summed E-state index contributed by atoms with van der Waals surface area (Å²) in [5, 5.41) is 3.26. The van der Waals surface area contributed by atoms with Crippen LogP contribution < -0.4 is 15.0 Å². The summed E-state index contributed by atoms with van der Waals surface area (Å²) in [5.74, 6) is 0.739. The van der Waals surface area contributed by atoms with E-state index in [0.717, 1.165) is 5.69 Å². The maximum absolute atomic E-state index is 12.6. The van der Waals surface area contributed by atoms with Crippen molar-refractivity contribution in [3.05, 3.63) is 71.6 Å². The Balaban J connectivity index is 1.84. The number of hydrogen-bond donors (Lipinski definition) is 1. The second-order valence-corrected chi connectivity index (χ2v) is 5.89. The van der Waals surface area contributed by atoms with Crippen molar-refractivity contribution in [1.82, 2.24) is 9.97 Å². The third kappa shape index (κ3) is 3.92. The highest BCUT2D eigenvalue weighted by Crippen LogP contribution is 2.28. The second-order valence-electron chi connectivity index (χ2n) is 5.45. The molecular weight excluding hydrogens is 352 g/mol. The van der Waals surface area contributed by atoms with Crippen LogP contribution in [0.4, 0.5) is 17.2 Å². The summed E-state index contributed by atoms with van der Waals surface area (Å²) in [6.07, 6.45) is 1.36. The molecule has 6 nitrogen and oxygen atoms in total. The molecule has 0 fully saturated rings. The lowest BCUT2D eigenvalue weighted by Gasteiger charge is -2.18. The largest absolute Gasteiger partial charge is 0.495 e. The first-order valence-electron chi connectivity index (χ1n) is 7.84. The van der Waals surface area contributed by atoms with E-state index in [1.54, 1.807) is 24.3 Å². The van der Waals surface area contributed by atoms with Crippen molar-refractivity contribution in [3.8, 4) is 5.75 Å². The van der Waals surface area contributed by atoms with Crippen molar-refractivity contribution in [2.45, 2.75) is 0 Å². The van der Waals surface area contributed by atoms with Gasteiger partial charge in [0.25, 0.3) is 5.91 Å². The van der Waals surface area contributed by atoms with Crippen molar-refractivity contribution in [2.24, 2.45) is 0 Å². The van der Waals surface area contributed by atoms with E-state index in [4.69, 9.17) is 16.3 Å². The quantitative estimate of drug-likeness (QED) is 0.732. The van der Waals surface area contributed by atoms with Crippen LogP contribution in [0, 0.1) is 0 Å². The Morgan fingerprint density at radius 2 is 1.88 bits per heavy atom. The Morgan fingerprint density at radius 1 is 1.12 bits per heavy atom. The monoisotopic (exact) mass is 368 g/mol. The Morgan fingerprint density at radius 3 is 2.62 bits per heavy atom. The van der Waals surface area contributed by atoms with Gasteiger partial charge >= 0.3 is 0 Å². The first-order chi connectivity index (χ1) is 12.6. The van der Waals surface area contributed by atoms with Crippen molar-refractivity contribution in [1.29, 1.82) is 0 Å². The van der Waals surface area contributed by atoms with E-state index < -0.39 is 0 Å². The van der Waals surface area contributed by atoms with E-state index in [2.05, 4.69) is 15.3 Å². The number of aromatic nitrogens is 2. The van der Waals surface area contributed by atoms with E-state index in [9.17, 15) is 4.79 Å². The van der Waals surface area contributed by atoms with Gasteiger partial charge in [-0.1, -0.05) is 29.8 Å². The maximum atomic E-state index is 12.6. The zero-order valence-corrected chi connectivity index (χ0v) is 15.1. The normalized spacial score (nSPS) is 10.3. The highest BCUT2D eigenvalue weighted by Gasteiger charge is 2.14. The van der Waals surface area contributed by atoms with Gasteiger partial charge in [-0.05, 0) is 30.3 Å². The molecular formula is C19H17ClN4O2. The summed E-state index contributed by atoms with van der Waals surface area (Å²) in [6.45, 7) is 0. The number of methoxy groups -OCH3 is 1. The summed E-state index contributed by atoms with van der Waals surface area (Å²) in [7, 11) is 3.40. The molecule has 0 saturated heterocycles. The van der Waals surface area contributed by atoms with Gasteiger partial charge in [0.1, 0.15) is 23.6 Å². The molecule has 0 atom stereocenters. The van der Waals surface area contributed by atoms with E-state index in [1.807, 2.05) is 42.3 Å². The number of halogens is 1. The number of carbonyl (C=O) groups excluding carboxylic acids is 1. The molecule has 0 aliphatic carbocycles. The molecule has 132 valence electrons. The molecule has 3 rings (SSSR count). The molecule has 0 radical (unpaired) electrons. The van der Waals surface area contributed by atoms with Crippen LogP contribution in [0.1, 0.15) is 10.5 Å². The molecule has 26 heavy (non-hydrogen) atoms. The number of benzene rings is 2. The smallest absolute Gasteiger partial charge is 0.274 e. The van der Waals surface area contributed by atoms with Gasteiger partial charge < -0.3 is 15.0 Å². The average molecular weight is 369 g/mol. The maximum Gasteiger partial charge on any atom is 0.274 e. The molecule has 1 aromatic heterocycles. The highest BCUT2D eigenvalue weighted by atomic mass is 35.5. The SMILES string of the molecule is COc1ccc(Cl)cc1NC(=O)c1cc(N(C)c2ccccc2)ncn1.